The van der Waals surface area contributed by atoms with E-state index in [4.69, 9.17) is 4.98 Å². The lowest BCUT2D eigenvalue weighted by Crippen LogP contribution is -2.41. The molecule has 1 aliphatic heterocycles. The number of pyridine rings is 1. The van der Waals surface area contributed by atoms with Crippen LogP contribution in [-0.4, -0.2) is 38.4 Å². The SMILES string of the molecule is Cc1cc(=O)n(CC(C)(C)C)c2nc(N[C@@H](C)c3ccc(CN4CCCC(F)(F)C4)cc3)ncc12. The van der Waals surface area contributed by atoms with Crippen LogP contribution in [0.2, 0.25) is 0 Å². The minimum Gasteiger partial charge on any atom is -0.348 e. The molecular formula is C27H35F2N5O. The van der Waals surface area contributed by atoms with E-state index in [9.17, 15) is 13.6 Å². The summed E-state index contributed by atoms with van der Waals surface area (Å²) >= 11 is 0. The van der Waals surface area contributed by atoms with Gasteiger partial charge >= 0.3 is 0 Å². The second-order valence-corrected chi connectivity index (χ2v) is 11.0. The van der Waals surface area contributed by atoms with Gasteiger partial charge in [0.1, 0.15) is 5.65 Å². The third-order valence-electron chi connectivity index (χ3n) is 6.39. The van der Waals surface area contributed by atoms with Crippen molar-refractivity contribution in [2.45, 2.75) is 72.5 Å². The van der Waals surface area contributed by atoms with Crippen LogP contribution in [0.4, 0.5) is 14.7 Å². The molecule has 1 fully saturated rings. The van der Waals surface area contributed by atoms with Crippen molar-refractivity contribution < 1.29 is 8.78 Å². The number of likely N-dealkylation sites (tertiary alicyclic amines) is 1. The average Bonchev–Trinajstić information content (AvgIpc) is 2.75. The molecular weight excluding hydrogens is 448 g/mol. The highest BCUT2D eigenvalue weighted by molar-refractivity contribution is 5.79. The van der Waals surface area contributed by atoms with Gasteiger partial charge in [0.05, 0.1) is 12.6 Å². The number of hydrogen-bond acceptors (Lipinski definition) is 5. The summed E-state index contributed by atoms with van der Waals surface area (Å²) in [4.78, 5) is 23.8. The van der Waals surface area contributed by atoms with E-state index < -0.39 is 5.92 Å². The molecule has 0 amide bonds. The van der Waals surface area contributed by atoms with Crippen LogP contribution in [0, 0.1) is 12.3 Å². The zero-order chi connectivity index (χ0) is 25.4. The fourth-order valence-corrected chi connectivity index (χ4v) is 4.63. The first-order valence-corrected chi connectivity index (χ1v) is 12.2. The van der Waals surface area contributed by atoms with E-state index in [1.54, 1.807) is 16.8 Å². The Morgan fingerprint density at radius 3 is 2.57 bits per heavy atom. The van der Waals surface area contributed by atoms with E-state index in [1.807, 2.05) is 43.0 Å². The number of rotatable bonds is 6. The van der Waals surface area contributed by atoms with Crippen molar-refractivity contribution in [1.29, 1.82) is 0 Å². The number of hydrogen-bond donors (Lipinski definition) is 1. The van der Waals surface area contributed by atoms with Crippen LogP contribution < -0.4 is 10.9 Å². The molecule has 0 radical (unpaired) electrons. The number of piperidine rings is 1. The zero-order valence-corrected chi connectivity index (χ0v) is 21.2. The van der Waals surface area contributed by atoms with Crippen molar-refractivity contribution >= 4 is 17.0 Å². The average molecular weight is 484 g/mol. The highest BCUT2D eigenvalue weighted by Crippen LogP contribution is 2.28. The number of alkyl halides is 2. The molecule has 0 bridgehead atoms. The van der Waals surface area contributed by atoms with E-state index in [0.29, 0.717) is 37.7 Å². The smallest absolute Gasteiger partial charge is 0.260 e. The summed E-state index contributed by atoms with van der Waals surface area (Å²) in [6, 6.07) is 9.57. The lowest BCUT2D eigenvalue weighted by molar-refractivity contribution is -0.0661. The van der Waals surface area contributed by atoms with Crippen LogP contribution in [0.1, 0.15) is 63.3 Å². The van der Waals surface area contributed by atoms with Gasteiger partial charge in [-0.15, -0.1) is 0 Å². The molecule has 1 saturated heterocycles. The Balaban J connectivity index is 1.51. The number of aromatic nitrogens is 3. The van der Waals surface area contributed by atoms with Crippen LogP contribution in [0.25, 0.3) is 11.0 Å². The fourth-order valence-electron chi connectivity index (χ4n) is 4.63. The molecule has 0 spiro atoms. The molecule has 0 unspecified atom stereocenters. The molecule has 8 heteroatoms. The van der Waals surface area contributed by atoms with Gasteiger partial charge in [-0.25, -0.2) is 13.8 Å². The fraction of sp³-hybridized carbons (Fsp3) is 0.519. The molecule has 6 nitrogen and oxygen atoms in total. The Labute approximate surface area is 205 Å². The summed E-state index contributed by atoms with van der Waals surface area (Å²) in [6.07, 6.45) is 2.28. The van der Waals surface area contributed by atoms with Crippen LogP contribution in [0.15, 0.2) is 41.3 Å². The Hall–Kier alpha value is -2.87. The molecule has 0 aliphatic carbocycles. The highest BCUT2D eigenvalue weighted by atomic mass is 19.3. The van der Waals surface area contributed by atoms with E-state index in [2.05, 4.69) is 31.1 Å². The maximum Gasteiger partial charge on any atom is 0.260 e. The summed E-state index contributed by atoms with van der Waals surface area (Å²) in [6.45, 7) is 11.8. The molecule has 4 rings (SSSR count). The molecule has 0 saturated carbocycles. The molecule has 188 valence electrons. The van der Waals surface area contributed by atoms with Crippen LogP contribution in [0.5, 0.6) is 0 Å². The zero-order valence-electron chi connectivity index (χ0n) is 21.2. The summed E-state index contributed by atoms with van der Waals surface area (Å²) in [5, 5.41) is 4.20. The number of nitrogens with zero attached hydrogens (tertiary/aromatic N) is 4. The predicted octanol–water partition coefficient (Wildman–Crippen LogP) is 5.55. The van der Waals surface area contributed by atoms with Crippen LogP contribution in [0.3, 0.4) is 0 Å². The highest BCUT2D eigenvalue weighted by Gasteiger charge is 2.34. The first-order chi connectivity index (χ1) is 16.4. The number of anilines is 1. The first kappa shape index (κ1) is 25.2. The van der Waals surface area contributed by atoms with Crippen LogP contribution >= 0.6 is 0 Å². The molecule has 3 heterocycles. The van der Waals surface area contributed by atoms with Crippen molar-refractivity contribution in [2.24, 2.45) is 5.41 Å². The molecule has 35 heavy (non-hydrogen) atoms. The molecule has 1 aromatic carbocycles. The Bertz CT molecular complexity index is 1250. The maximum absolute atomic E-state index is 13.7. The topological polar surface area (TPSA) is 63.1 Å². The lowest BCUT2D eigenvalue weighted by atomic mass is 9.96. The van der Waals surface area contributed by atoms with Gasteiger partial charge in [0, 0.05) is 37.2 Å². The minimum atomic E-state index is -2.59. The Kier molecular flexibility index (Phi) is 6.95. The normalized spacial score (nSPS) is 17.5. The van der Waals surface area contributed by atoms with Crippen molar-refractivity contribution in [3.63, 3.8) is 0 Å². The molecule has 1 N–H and O–H groups in total. The summed E-state index contributed by atoms with van der Waals surface area (Å²) in [5.74, 6) is -2.13. The van der Waals surface area contributed by atoms with Gasteiger partial charge < -0.3 is 5.32 Å². The van der Waals surface area contributed by atoms with Crippen molar-refractivity contribution in [3.8, 4) is 0 Å². The van der Waals surface area contributed by atoms with Gasteiger partial charge in [0.2, 0.25) is 5.95 Å². The lowest BCUT2D eigenvalue weighted by Gasteiger charge is -2.32. The Morgan fingerprint density at radius 2 is 1.91 bits per heavy atom. The standard InChI is InChI=1S/C27H35F2N5O/c1-18-13-23(35)34(16-26(3,4)5)24-22(18)14-30-25(32-24)31-19(2)21-9-7-20(8-10-21)15-33-12-6-11-27(28,29)17-33/h7-10,13-14,19H,6,11-12,15-17H2,1-5H3,(H,30,31,32)/t19-/m0/s1. The summed E-state index contributed by atoms with van der Waals surface area (Å²) in [5.41, 5.74) is 3.40. The van der Waals surface area contributed by atoms with E-state index >= 15 is 0 Å². The number of halogens is 2. The van der Waals surface area contributed by atoms with E-state index in [1.165, 1.54) is 0 Å². The van der Waals surface area contributed by atoms with E-state index in [0.717, 1.165) is 22.1 Å². The van der Waals surface area contributed by atoms with Gasteiger partial charge in [-0.2, -0.15) is 4.98 Å². The first-order valence-electron chi connectivity index (χ1n) is 12.2. The minimum absolute atomic E-state index is 0.0195. The second kappa shape index (κ2) is 9.64. The predicted molar refractivity (Wildman–Crippen MR) is 136 cm³/mol. The molecule has 3 aromatic rings. The second-order valence-electron chi connectivity index (χ2n) is 11.0. The number of fused-ring (bicyclic) bond motifs is 1. The third-order valence-corrected chi connectivity index (χ3v) is 6.39. The molecule has 1 atom stereocenters. The van der Waals surface area contributed by atoms with Crippen molar-refractivity contribution in [3.05, 3.63) is 63.6 Å². The number of nitrogens with one attached hydrogen (secondary N) is 1. The van der Waals surface area contributed by atoms with Gasteiger partial charge in [-0.05, 0) is 48.9 Å². The number of benzene rings is 1. The maximum atomic E-state index is 13.7. The summed E-state index contributed by atoms with van der Waals surface area (Å²) in [7, 11) is 0. The number of aryl methyl sites for hydroxylation is 1. The van der Waals surface area contributed by atoms with Gasteiger partial charge in [-0.1, -0.05) is 45.0 Å². The van der Waals surface area contributed by atoms with Crippen molar-refractivity contribution in [1.82, 2.24) is 19.4 Å². The quantitative estimate of drug-likeness (QED) is 0.498. The van der Waals surface area contributed by atoms with Gasteiger partial charge in [-0.3, -0.25) is 14.3 Å². The molecule has 1 aliphatic rings. The Morgan fingerprint density at radius 1 is 1.20 bits per heavy atom. The van der Waals surface area contributed by atoms with Crippen molar-refractivity contribution in [2.75, 3.05) is 18.4 Å². The van der Waals surface area contributed by atoms with Gasteiger partial charge in [0.25, 0.3) is 11.5 Å². The van der Waals surface area contributed by atoms with Gasteiger partial charge in [0.15, 0.2) is 0 Å². The van der Waals surface area contributed by atoms with E-state index in [-0.39, 0.29) is 30.0 Å². The molecule has 2 aromatic heterocycles. The summed E-state index contributed by atoms with van der Waals surface area (Å²) < 4.78 is 29.1. The van der Waals surface area contributed by atoms with Crippen LogP contribution in [-0.2, 0) is 13.1 Å². The third kappa shape index (κ3) is 6.23. The monoisotopic (exact) mass is 483 g/mol. The largest absolute Gasteiger partial charge is 0.348 e.